The molecule has 1 N–H and O–H groups in total. The van der Waals surface area contributed by atoms with Crippen LogP contribution in [0, 0.1) is 11.5 Å². The molecule has 20 heavy (non-hydrogen) atoms. The van der Waals surface area contributed by atoms with Crippen LogP contribution in [0.2, 0.25) is 5.02 Å². The van der Waals surface area contributed by atoms with Gasteiger partial charge in [-0.25, -0.2) is 0 Å². The Kier molecular flexibility index (Phi) is 3.03. The summed E-state index contributed by atoms with van der Waals surface area (Å²) in [5.41, 5.74) is -0.858. The number of piperidine rings is 1. The number of carbonyl (C=O) groups is 1. The Morgan fingerprint density at radius 1 is 1.40 bits per heavy atom. The maximum Gasteiger partial charge on any atom is 0.271 e. The number of fused-ring (bicyclic) bond motifs is 2. The smallest absolute Gasteiger partial charge is 0.271 e. The number of aromatic nitrogens is 1. The van der Waals surface area contributed by atoms with Gasteiger partial charge < -0.3 is 10.2 Å². The van der Waals surface area contributed by atoms with E-state index < -0.39 is 5.66 Å². The normalized spacial score (nSPS) is 19.6. The van der Waals surface area contributed by atoms with Crippen LogP contribution in [0.25, 0.3) is 0 Å². The predicted molar refractivity (Wildman–Crippen MR) is 75.3 cm³/mol. The van der Waals surface area contributed by atoms with Gasteiger partial charge in [0.1, 0.15) is 11.4 Å². The molecule has 1 aromatic rings. The second-order valence-corrected chi connectivity index (χ2v) is 6.16. The quantitative estimate of drug-likeness (QED) is 0.709. The zero-order valence-electron chi connectivity index (χ0n) is 10.3. The lowest BCUT2D eigenvalue weighted by Gasteiger charge is -2.38. The molecule has 1 amide bonds. The molecule has 0 bridgehead atoms. The Morgan fingerprint density at radius 3 is 2.65 bits per heavy atom. The molecule has 3 rings (SSSR count). The van der Waals surface area contributed by atoms with E-state index in [1.807, 2.05) is 0 Å². The van der Waals surface area contributed by atoms with Crippen LogP contribution >= 0.6 is 27.5 Å². The van der Waals surface area contributed by atoms with Crippen LogP contribution in [0.4, 0.5) is 0 Å². The fourth-order valence-electron chi connectivity index (χ4n) is 2.83. The van der Waals surface area contributed by atoms with Gasteiger partial charge in [0.15, 0.2) is 6.19 Å². The lowest BCUT2D eigenvalue weighted by atomic mass is 9.97. The Morgan fingerprint density at radius 2 is 2.05 bits per heavy atom. The number of nitrogens with zero attached hydrogens (tertiary/aromatic N) is 3. The monoisotopic (exact) mass is 356 g/mol. The Bertz CT molecular complexity index is 701. The average molecular weight is 358 g/mol. The summed E-state index contributed by atoms with van der Waals surface area (Å²) in [5, 5.41) is 12.0. The number of halogens is 2. The zero-order valence-corrected chi connectivity index (χ0v) is 12.7. The number of pyridine rings is 1. The number of hydrogen-bond acceptors (Lipinski definition) is 4. The van der Waals surface area contributed by atoms with E-state index in [9.17, 15) is 9.59 Å². The zero-order chi connectivity index (χ0) is 14.5. The van der Waals surface area contributed by atoms with E-state index in [1.165, 1.54) is 10.6 Å². The molecule has 0 atom stereocenters. The van der Waals surface area contributed by atoms with Gasteiger partial charge in [-0.2, -0.15) is 5.26 Å². The second kappa shape index (κ2) is 4.50. The minimum absolute atomic E-state index is 0.199. The summed E-state index contributed by atoms with van der Waals surface area (Å²) in [6.07, 6.45) is 3.06. The number of likely N-dealkylation sites (tertiary alicyclic amines) is 1. The van der Waals surface area contributed by atoms with Crippen LogP contribution in [0.5, 0.6) is 0 Å². The highest BCUT2D eigenvalue weighted by Crippen LogP contribution is 2.35. The molecule has 8 heteroatoms. The SMILES string of the molecule is N#CN1CCC2(CC1)NC(=O)c1c(Cl)cc(Br)c(=O)n12. The van der Waals surface area contributed by atoms with Gasteiger partial charge in [-0.15, -0.1) is 0 Å². The molecule has 0 aromatic carbocycles. The van der Waals surface area contributed by atoms with Crippen molar-refractivity contribution < 1.29 is 4.79 Å². The molecule has 3 heterocycles. The van der Waals surface area contributed by atoms with Crippen molar-refractivity contribution in [3.05, 3.63) is 31.6 Å². The van der Waals surface area contributed by atoms with Crippen molar-refractivity contribution in [2.45, 2.75) is 18.5 Å². The van der Waals surface area contributed by atoms with Gasteiger partial charge >= 0.3 is 0 Å². The largest absolute Gasteiger partial charge is 0.327 e. The van der Waals surface area contributed by atoms with E-state index in [4.69, 9.17) is 16.9 Å². The number of amides is 1. The first-order valence-corrected chi connectivity index (χ1v) is 7.24. The molecule has 6 nitrogen and oxygen atoms in total. The first-order chi connectivity index (χ1) is 9.48. The molecule has 0 unspecified atom stereocenters. The molecule has 1 spiro atoms. The van der Waals surface area contributed by atoms with Gasteiger partial charge in [0.25, 0.3) is 11.5 Å². The third-order valence-electron chi connectivity index (χ3n) is 3.83. The van der Waals surface area contributed by atoms with E-state index in [2.05, 4.69) is 27.4 Å². The highest BCUT2D eigenvalue weighted by Gasteiger charge is 2.46. The first kappa shape index (κ1) is 13.5. The minimum Gasteiger partial charge on any atom is -0.327 e. The average Bonchev–Trinajstić information content (AvgIpc) is 2.70. The fourth-order valence-corrected chi connectivity index (χ4v) is 3.64. The second-order valence-electron chi connectivity index (χ2n) is 4.90. The predicted octanol–water partition coefficient (Wildman–Crippen LogP) is 1.24. The van der Waals surface area contributed by atoms with Crippen molar-refractivity contribution in [2.24, 2.45) is 0 Å². The number of nitrogens with one attached hydrogen (secondary N) is 1. The molecule has 1 aromatic heterocycles. The Hall–Kier alpha value is -1.52. The number of carbonyl (C=O) groups excluding carboxylic acids is 1. The topological polar surface area (TPSA) is 78.1 Å². The van der Waals surface area contributed by atoms with Gasteiger partial charge in [-0.05, 0) is 22.0 Å². The van der Waals surface area contributed by atoms with Gasteiger partial charge in [0.05, 0.1) is 9.50 Å². The van der Waals surface area contributed by atoms with Crippen molar-refractivity contribution >= 4 is 33.4 Å². The standard InChI is InChI=1S/C12H10BrClN4O2/c13-7-5-8(14)9-10(19)16-12(18(9)11(7)20)1-3-17(6-15)4-2-12/h5H,1-4H2,(H,16,19). The summed E-state index contributed by atoms with van der Waals surface area (Å²) in [5.74, 6) is -0.343. The minimum atomic E-state index is -0.774. The molecule has 0 aliphatic carbocycles. The van der Waals surface area contributed by atoms with Crippen LogP contribution in [0.3, 0.4) is 0 Å². The third kappa shape index (κ3) is 1.75. The summed E-state index contributed by atoms with van der Waals surface area (Å²) >= 11 is 9.26. The third-order valence-corrected chi connectivity index (χ3v) is 4.69. The maximum absolute atomic E-state index is 12.4. The fraction of sp³-hybridized carbons (Fsp3) is 0.417. The van der Waals surface area contributed by atoms with Crippen molar-refractivity contribution in [3.63, 3.8) is 0 Å². The van der Waals surface area contributed by atoms with Gasteiger partial charge in [-0.3, -0.25) is 14.2 Å². The van der Waals surface area contributed by atoms with E-state index in [0.717, 1.165) is 0 Å². The highest BCUT2D eigenvalue weighted by molar-refractivity contribution is 9.10. The molecule has 104 valence electrons. The van der Waals surface area contributed by atoms with Gasteiger partial charge in [0, 0.05) is 25.9 Å². The van der Waals surface area contributed by atoms with Crippen LogP contribution in [-0.4, -0.2) is 28.5 Å². The van der Waals surface area contributed by atoms with Gasteiger partial charge in [-0.1, -0.05) is 11.6 Å². The Balaban J connectivity index is 2.15. The summed E-state index contributed by atoms with van der Waals surface area (Å²) in [7, 11) is 0. The van der Waals surface area contributed by atoms with Crippen LogP contribution in [-0.2, 0) is 5.66 Å². The Labute approximate surface area is 128 Å². The van der Waals surface area contributed by atoms with Crippen LogP contribution in [0.15, 0.2) is 15.3 Å². The molecule has 1 saturated heterocycles. The summed E-state index contributed by atoms with van der Waals surface area (Å²) < 4.78 is 1.76. The summed E-state index contributed by atoms with van der Waals surface area (Å²) in [6, 6.07) is 1.44. The molecule has 0 saturated carbocycles. The number of rotatable bonds is 0. The lowest BCUT2D eigenvalue weighted by molar-refractivity contribution is 0.0831. The molecule has 2 aliphatic rings. The molecular formula is C12H10BrClN4O2. The van der Waals surface area contributed by atoms with E-state index in [1.54, 1.807) is 4.90 Å². The summed E-state index contributed by atoms with van der Waals surface area (Å²) in [4.78, 5) is 26.1. The maximum atomic E-state index is 12.4. The van der Waals surface area contributed by atoms with E-state index >= 15 is 0 Å². The van der Waals surface area contributed by atoms with Gasteiger partial charge in [0.2, 0.25) is 0 Å². The van der Waals surface area contributed by atoms with Crippen LogP contribution < -0.4 is 10.9 Å². The van der Waals surface area contributed by atoms with Crippen LogP contribution in [0.1, 0.15) is 23.3 Å². The number of nitriles is 1. The van der Waals surface area contributed by atoms with Crippen molar-refractivity contribution in [1.29, 1.82) is 5.26 Å². The molecule has 2 aliphatic heterocycles. The first-order valence-electron chi connectivity index (χ1n) is 6.07. The molecule has 0 radical (unpaired) electrons. The molecule has 1 fully saturated rings. The highest BCUT2D eigenvalue weighted by atomic mass is 79.9. The van der Waals surface area contributed by atoms with Crippen molar-refractivity contribution in [2.75, 3.05) is 13.1 Å². The van der Waals surface area contributed by atoms with Crippen molar-refractivity contribution in [3.8, 4) is 6.19 Å². The lowest BCUT2D eigenvalue weighted by Crippen LogP contribution is -2.53. The number of hydrogen-bond donors (Lipinski definition) is 1. The van der Waals surface area contributed by atoms with E-state index in [-0.39, 0.29) is 22.2 Å². The van der Waals surface area contributed by atoms with Crippen molar-refractivity contribution in [1.82, 2.24) is 14.8 Å². The summed E-state index contributed by atoms with van der Waals surface area (Å²) in [6.45, 7) is 0.986. The molecular weight excluding hydrogens is 348 g/mol. The van der Waals surface area contributed by atoms with E-state index in [0.29, 0.717) is 30.4 Å².